The van der Waals surface area contributed by atoms with Crippen LogP contribution in [0.4, 0.5) is 4.39 Å². The average molecular weight is 298 g/mol. The maximum atomic E-state index is 13.0. The average Bonchev–Trinajstić information content (AvgIpc) is 2.34. The Morgan fingerprint density at radius 3 is 2.82 bits per heavy atom. The smallest absolute Gasteiger partial charge is 0.219 e. The summed E-state index contributed by atoms with van der Waals surface area (Å²) in [6.07, 6.45) is 0. The molecule has 0 unspecified atom stereocenters. The quantitative estimate of drug-likeness (QED) is 0.945. The van der Waals surface area contributed by atoms with Gasteiger partial charge in [-0.3, -0.25) is 0 Å². The summed E-state index contributed by atoms with van der Waals surface area (Å²) in [4.78, 5) is 4.06. The molecular weight excluding hydrogens is 289 g/mol. The van der Waals surface area contributed by atoms with E-state index in [9.17, 15) is 4.39 Å². The highest BCUT2D eigenvalue weighted by atomic mass is 79.9. The van der Waals surface area contributed by atoms with Crippen LogP contribution in [-0.2, 0) is 6.61 Å². The molecule has 88 valence electrons. The number of nitrogens with zero attached hydrogens (tertiary/aromatic N) is 1. The van der Waals surface area contributed by atoms with Crippen LogP contribution in [0.15, 0.2) is 40.9 Å². The first-order chi connectivity index (χ1) is 8.19. The van der Waals surface area contributed by atoms with E-state index in [1.165, 1.54) is 18.2 Å². The zero-order valence-electron chi connectivity index (χ0n) is 8.73. The number of aliphatic hydroxyl groups is 1. The van der Waals surface area contributed by atoms with Gasteiger partial charge in [0.25, 0.3) is 0 Å². The van der Waals surface area contributed by atoms with Crippen molar-refractivity contribution in [1.82, 2.24) is 4.98 Å². The Balaban J connectivity index is 2.22. The van der Waals surface area contributed by atoms with Crippen LogP contribution in [0.1, 0.15) is 5.69 Å². The van der Waals surface area contributed by atoms with Crippen molar-refractivity contribution in [2.24, 2.45) is 0 Å². The second kappa shape index (κ2) is 5.25. The lowest BCUT2D eigenvalue weighted by molar-refractivity contribution is 0.275. The minimum absolute atomic E-state index is 0.148. The number of hydrogen-bond acceptors (Lipinski definition) is 3. The van der Waals surface area contributed by atoms with Crippen LogP contribution in [0.3, 0.4) is 0 Å². The molecule has 0 atom stereocenters. The van der Waals surface area contributed by atoms with Gasteiger partial charge < -0.3 is 9.84 Å². The summed E-state index contributed by atoms with van der Waals surface area (Å²) in [5.41, 5.74) is 0.517. The Morgan fingerprint density at radius 2 is 2.12 bits per heavy atom. The number of hydrogen-bond donors (Lipinski definition) is 1. The van der Waals surface area contributed by atoms with Crippen molar-refractivity contribution in [3.63, 3.8) is 0 Å². The first kappa shape index (κ1) is 12.0. The maximum absolute atomic E-state index is 13.0. The lowest BCUT2D eigenvalue weighted by Crippen LogP contribution is -1.93. The van der Waals surface area contributed by atoms with Crippen molar-refractivity contribution >= 4 is 15.9 Å². The van der Waals surface area contributed by atoms with E-state index in [0.29, 0.717) is 21.8 Å². The van der Waals surface area contributed by atoms with Gasteiger partial charge in [-0.05, 0) is 40.2 Å². The van der Waals surface area contributed by atoms with E-state index >= 15 is 0 Å². The fourth-order valence-electron chi connectivity index (χ4n) is 1.26. The predicted octanol–water partition coefficient (Wildman–Crippen LogP) is 3.27. The highest BCUT2D eigenvalue weighted by Gasteiger charge is 2.03. The zero-order valence-corrected chi connectivity index (χ0v) is 10.3. The van der Waals surface area contributed by atoms with E-state index in [1.54, 1.807) is 18.2 Å². The van der Waals surface area contributed by atoms with Gasteiger partial charge in [0.15, 0.2) is 0 Å². The molecular formula is C12H9BrFNO2. The standard InChI is InChI=1S/C12H9BrFNO2/c13-10-6-9(4-5-11(10)14)17-12-3-1-2-8(7-16)15-12/h1-6,16H,7H2. The fourth-order valence-corrected chi connectivity index (χ4v) is 1.62. The van der Waals surface area contributed by atoms with Crippen LogP contribution < -0.4 is 4.74 Å². The molecule has 1 heterocycles. The van der Waals surface area contributed by atoms with E-state index in [2.05, 4.69) is 20.9 Å². The van der Waals surface area contributed by atoms with Crippen molar-refractivity contribution in [3.05, 3.63) is 52.4 Å². The van der Waals surface area contributed by atoms with Gasteiger partial charge in [-0.25, -0.2) is 9.37 Å². The van der Waals surface area contributed by atoms with Gasteiger partial charge in [0.05, 0.1) is 16.8 Å². The van der Waals surface area contributed by atoms with Crippen LogP contribution in [0.5, 0.6) is 11.6 Å². The van der Waals surface area contributed by atoms with Crippen molar-refractivity contribution in [2.75, 3.05) is 0 Å². The molecule has 0 saturated heterocycles. The van der Waals surface area contributed by atoms with Crippen LogP contribution >= 0.6 is 15.9 Å². The lowest BCUT2D eigenvalue weighted by atomic mass is 10.3. The molecule has 0 saturated carbocycles. The summed E-state index contributed by atoms with van der Waals surface area (Å²) in [6, 6.07) is 9.40. The lowest BCUT2D eigenvalue weighted by Gasteiger charge is -2.06. The highest BCUT2D eigenvalue weighted by Crippen LogP contribution is 2.25. The summed E-state index contributed by atoms with van der Waals surface area (Å²) in [5.74, 6) is 0.477. The Bertz CT molecular complexity index is 534. The number of ether oxygens (including phenoxy) is 1. The second-order valence-corrected chi connectivity index (χ2v) is 4.16. The van der Waals surface area contributed by atoms with Gasteiger partial charge in [0.2, 0.25) is 5.88 Å². The third-order valence-corrected chi connectivity index (χ3v) is 2.66. The van der Waals surface area contributed by atoms with Crippen LogP contribution in [0.25, 0.3) is 0 Å². The molecule has 3 nitrogen and oxygen atoms in total. The SMILES string of the molecule is OCc1cccc(Oc2ccc(F)c(Br)c2)n1. The van der Waals surface area contributed by atoms with Crippen LogP contribution in [-0.4, -0.2) is 10.1 Å². The molecule has 0 spiro atoms. The van der Waals surface area contributed by atoms with E-state index in [-0.39, 0.29) is 12.4 Å². The normalized spacial score (nSPS) is 10.3. The summed E-state index contributed by atoms with van der Waals surface area (Å²) in [7, 11) is 0. The van der Waals surface area contributed by atoms with Gasteiger partial charge in [0, 0.05) is 6.07 Å². The number of halogens is 2. The van der Waals surface area contributed by atoms with Gasteiger partial charge >= 0.3 is 0 Å². The molecule has 5 heteroatoms. The first-order valence-corrected chi connectivity index (χ1v) is 5.68. The Labute approximate surface area is 106 Å². The molecule has 0 amide bonds. The summed E-state index contributed by atoms with van der Waals surface area (Å²) < 4.78 is 18.8. The van der Waals surface area contributed by atoms with E-state index in [0.717, 1.165) is 0 Å². The Hall–Kier alpha value is -1.46. The molecule has 0 aliphatic heterocycles. The first-order valence-electron chi connectivity index (χ1n) is 4.89. The zero-order chi connectivity index (χ0) is 12.3. The molecule has 0 bridgehead atoms. The van der Waals surface area contributed by atoms with Crippen molar-refractivity contribution in [2.45, 2.75) is 6.61 Å². The second-order valence-electron chi connectivity index (χ2n) is 3.30. The third-order valence-electron chi connectivity index (χ3n) is 2.06. The molecule has 1 aromatic heterocycles. The largest absolute Gasteiger partial charge is 0.439 e. The molecule has 0 radical (unpaired) electrons. The van der Waals surface area contributed by atoms with E-state index < -0.39 is 0 Å². The van der Waals surface area contributed by atoms with Gasteiger partial charge in [-0.15, -0.1) is 0 Å². The minimum atomic E-state index is -0.352. The van der Waals surface area contributed by atoms with Crippen molar-refractivity contribution in [1.29, 1.82) is 0 Å². The van der Waals surface area contributed by atoms with Crippen molar-refractivity contribution < 1.29 is 14.2 Å². The van der Waals surface area contributed by atoms with E-state index in [1.807, 2.05) is 0 Å². The molecule has 2 rings (SSSR count). The topological polar surface area (TPSA) is 42.4 Å². The molecule has 1 aromatic carbocycles. The molecule has 2 aromatic rings. The minimum Gasteiger partial charge on any atom is -0.439 e. The number of benzene rings is 1. The number of pyridine rings is 1. The fraction of sp³-hybridized carbons (Fsp3) is 0.0833. The molecule has 0 aliphatic carbocycles. The number of aliphatic hydroxyl groups excluding tert-OH is 1. The molecule has 0 fully saturated rings. The third kappa shape index (κ3) is 3.01. The Kier molecular flexibility index (Phi) is 3.71. The molecule has 17 heavy (non-hydrogen) atoms. The number of rotatable bonds is 3. The predicted molar refractivity (Wildman–Crippen MR) is 64.3 cm³/mol. The summed E-state index contributed by atoms with van der Waals surface area (Å²) in [5, 5.41) is 8.93. The molecule has 1 N–H and O–H groups in total. The number of aromatic nitrogens is 1. The Morgan fingerprint density at radius 1 is 1.29 bits per heavy atom. The molecule has 0 aliphatic rings. The maximum Gasteiger partial charge on any atom is 0.219 e. The van der Waals surface area contributed by atoms with Gasteiger partial charge in [-0.1, -0.05) is 6.07 Å². The van der Waals surface area contributed by atoms with E-state index in [4.69, 9.17) is 9.84 Å². The van der Waals surface area contributed by atoms with Crippen LogP contribution in [0.2, 0.25) is 0 Å². The highest BCUT2D eigenvalue weighted by molar-refractivity contribution is 9.10. The summed E-state index contributed by atoms with van der Waals surface area (Å²) >= 11 is 3.07. The van der Waals surface area contributed by atoms with Crippen LogP contribution in [0, 0.1) is 5.82 Å². The van der Waals surface area contributed by atoms with Crippen molar-refractivity contribution in [3.8, 4) is 11.6 Å². The van der Waals surface area contributed by atoms with Gasteiger partial charge in [-0.2, -0.15) is 0 Å². The summed E-state index contributed by atoms with van der Waals surface area (Å²) in [6.45, 7) is -0.148. The monoisotopic (exact) mass is 297 g/mol. The van der Waals surface area contributed by atoms with Gasteiger partial charge in [0.1, 0.15) is 11.6 Å².